The second-order valence-corrected chi connectivity index (χ2v) is 7.82. The molecular formula is C20H14Cl4O3. The van der Waals surface area contributed by atoms with Crippen LogP contribution >= 0.6 is 46.4 Å². The summed E-state index contributed by atoms with van der Waals surface area (Å²) in [6.45, 7) is 0. The van der Waals surface area contributed by atoms with E-state index in [9.17, 15) is 15.0 Å². The molecule has 1 fully saturated rings. The largest absolute Gasteiger partial charge is 0.505 e. The lowest BCUT2D eigenvalue weighted by molar-refractivity contribution is -0.112. The van der Waals surface area contributed by atoms with Crippen molar-refractivity contribution in [3.63, 3.8) is 0 Å². The van der Waals surface area contributed by atoms with Crippen LogP contribution in [0.4, 0.5) is 0 Å². The molecular weight excluding hydrogens is 430 g/mol. The molecule has 1 aliphatic rings. The van der Waals surface area contributed by atoms with Crippen molar-refractivity contribution in [2.45, 2.75) is 19.3 Å². The van der Waals surface area contributed by atoms with Gasteiger partial charge in [-0.15, -0.1) is 0 Å². The molecule has 140 valence electrons. The van der Waals surface area contributed by atoms with Gasteiger partial charge in [-0.25, -0.2) is 0 Å². The molecule has 0 saturated heterocycles. The summed E-state index contributed by atoms with van der Waals surface area (Å²) in [5.41, 5.74) is 2.54. The Morgan fingerprint density at radius 3 is 1.37 bits per heavy atom. The maximum Gasteiger partial charge on any atom is 0.185 e. The van der Waals surface area contributed by atoms with E-state index in [0.29, 0.717) is 35.1 Å². The standard InChI is InChI=1S/C20H14Cl4O3/c21-14-6-10(7-15(22)19(14)26)4-12-2-1-3-13(18(12)25)5-11-8-16(23)20(27)17(24)9-11/h4-9,26-27H,1-3H2. The van der Waals surface area contributed by atoms with Crippen LogP contribution in [-0.4, -0.2) is 16.0 Å². The minimum absolute atomic E-state index is 0.0816. The third-order valence-corrected chi connectivity index (χ3v) is 5.39. The number of ketones is 1. The van der Waals surface area contributed by atoms with Gasteiger partial charge in [0.15, 0.2) is 17.3 Å². The Morgan fingerprint density at radius 2 is 1.04 bits per heavy atom. The molecule has 0 amide bonds. The van der Waals surface area contributed by atoms with E-state index in [1.54, 1.807) is 36.4 Å². The zero-order valence-corrected chi connectivity index (χ0v) is 16.9. The Bertz CT molecular complexity index is 869. The minimum atomic E-state index is -0.183. The predicted octanol–water partition coefficient (Wildman–Crippen LogP) is 6.93. The number of phenols is 2. The van der Waals surface area contributed by atoms with E-state index < -0.39 is 0 Å². The van der Waals surface area contributed by atoms with Crippen LogP contribution in [0.15, 0.2) is 35.4 Å². The molecule has 2 aromatic rings. The molecule has 0 spiro atoms. The minimum Gasteiger partial charge on any atom is -0.505 e. The Morgan fingerprint density at radius 1 is 0.704 bits per heavy atom. The number of allylic oxidation sites excluding steroid dienone is 2. The molecule has 27 heavy (non-hydrogen) atoms. The van der Waals surface area contributed by atoms with Crippen LogP contribution in [0.1, 0.15) is 30.4 Å². The number of aromatic hydroxyl groups is 2. The molecule has 0 aromatic heterocycles. The van der Waals surface area contributed by atoms with E-state index in [0.717, 1.165) is 6.42 Å². The number of carbonyl (C=O) groups excluding carboxylic acids is 1. The molecule has 2 aromatic carbocycles. The van der Waals surface area contributed by atoms with E-state index >= 15 is 0 Å². The number of halogens is 4. The van der Waals surface area contributed by atoms with E-state index in [1.165, 1.54) is 0 Å². The van der Waals surface area contributed by atoms with Crippen molar-refractivity contribution in [2.75, 3.05) is 0 Å². The summed E-state index contributed by atoms with van der Waals surface area (Å²) in [7, 11) is 0. The van der Waals surface area contributed by atoms with Crippen molar-refractivity contribution in [2.24, 2.45) is 0 Å². The maximum absolute atomic E-state index is 12.8. The third-order valence-electron chi connectivity index (χ3n) is 4.24. The van der Waals surface area contributed by atoms with Gasteiger partial charge in [-0.05, 0) is 66.8 Å². The van der Waals surface area contributed by atoms with E-state index in [2.05, 4.69) is 0 Å². The monoisotopic (exact) mass is 442 g/mol. The zero-order chi connectivity index (χ0) is 19.7. The average Bonchev–Trinajstić information content (AvgIpc) is 2.61. The van der Waals surface area contributed by atoms with Gasteiger partial charge < -0.3 is 10.2 Å². The molecule has 2 N–H and O–H groups in total. The Balaban J connectivity index is 1.94. The van der Waals surface area contributed by atoms with Crippen molar-refractivity contribution >= 4 is 64.3 Å². The molecule has 0 heterocycles. The highest BCUT2D eigenvalue weighted by Gasteiger charge is 2.21. The van der Waals surface area contributed by atoms with Crippen LogP contribution in [0.25, 0.3) is 12.2 Å². The Labute approximate surface area is 176 Å². The van der Waals surface area contributed by atoms with E-state index in [1.807, 2.05) is 0 Å². The summed E-state index contributed by atoms with van der Waals surface area (Å²) >= 11 is 23.8. The van der Waals surface area contributed by atoms with E-state index in [4.69, 9.17) is 46.4 Å². The lowest BCUT2D eigenvalue weighted by Gasteiger charge is -2.17. The summed E-state index contributed by atoms with van der Waals surface area (Å²) in [6, 6.07) is 6.22. The molecule has 1 saturated carbocycles. The first kappa shape index (κ1) is 20.1. The Hall–Kier alpha value is -1.65. The normalized spacial score (nSPS) is 17.7. The van der Waals surface area contributed by atoms with Crippen molar-refractivity contribution < 1.29 is 15.0 Å². The quantitative estimate of drug-likeness (QED) is 0.494. The van der Waals surface area contributed by atoms with Crippen LogP contribution in [-0.2, 0) is 4.79 Å². The SMILES string of the molecule is O=C1C(=Cc2cc(Cl)c(O)c(Cl)c2)CCCC1=Cc1cc(Cl)c(O)c(Cl)c1. The Kier molecular flexibility index (Phi) is 6.07. The lowest BCUT2D eigenvalue weighted by Crippen LogP contribution is -2.12. The number of benzene rings is 2. The van der Waals surface area contributed by atoms with Gasteiger partial charge in [0, 0.05) is 11.1 Å². The van der Waals surface area contributed by atoms with E-state index in [-0.39, 0.29) is 37.4 Å². The molecule has 1 aliphatic carbocycles. The maximum atomic E-state index is 12.8. The molecule has 0 atom stereocenters. The lowest BCUT2D eigenvalue weighted by atomic mass is 9.87. The molecule has 0 radical (unpaired) electrons. The third kappa shape index (κ3) is 4.44. The fraction of sp³-hybridized carbons (Fsp3) is 0.150. The number of carbonyl (C=O) groups is 1. The van der Waals surface area contributed by atoms with Crippen molar-refractivity contribution in [1.82, 2.24) is 0 Å². The second kappa shape index (κ2) is 8.15. The van der Waals surface area contributed by atoms with Crippen LogP contribution < -0.4 is 0 Å². The number of rotatable bonds is 2. The highest BCUT2D eigenvalue weighted by atomic mass is 35.5. The second-order valence-electron chi connectivity index (χ2n) is 6.19. The summed E-state index contributed by atoms with van der Waals surface area (Å²) in [5, 5.41) is 19.8. The molecule has 0 bridgehead atoms. The van der Waals surface area contributed by atoms with Gasteiger partial charge in [0.1, 0.15) is 0 Å². The summed E-state index contributed by atoms with van der Waals surface area (Å²) in [5.74, 6) is -0.448. The number of phenolic OH excluding ortho intramolecular Hbond substituents is 2. The topological polar surface area (TPSA) is 57.5 Å². The molecule has 3 rings (SSSR count). The van der Waals surface area contributed by atoms with Gasteiger partial charge in [-0.2, -0.15) is 0 Å². The number of Topliss-reactive ketones (excluding diaryl/α,β-unsaturated/α-hetero) is 1. The molecule has 0 aliphatic heterocycles. The number of hydrogen-bond acceptors (Lipinski definition) is 3. The van der Waals surface area contributed by atoms with Gasteiger partial charge in [0.2, 0.25) is 0 Å². The zero-order valence-electron chi connectivity index (χ0n) is 13.9. The summed E-state index contributed by atoms with van der Waals surface area (Å²) in [6.07, 6.45) is 5.52. The van der Waals surface area contributed by atoms with Gasteiger partial charge in [-0.1, -0.05) is 46.4 Å². The highest BCUT2D eigenvalue weighted by Crippen LogP contribution is 2.36. The van der Waals surface area contributed by atoms with Crippen LogP contribution in [0.2, 0.25) is 20.1 Å². The molecule has 3 nitrogen and oxygen atoms in total. The van der Waals surface area contributed by atoms with Crippen LogP contribution in [0.5, 0.6) is 11.5 Å². The summed E-state index contributed by atoms with van der Waals surface area (Å²) < 4.78 is 0. The smallest absolute Gasteiger partial charge is 0.185 e. The summed E-state index contributed by atoms with van der Waals surface area (Å²) in [4.78, 5) is 12.8. The predicted molar refractivity (Wildman–Crippen MR) is 111 cm³/mol. The molecule has 0 unspecified atom stereocenters. The van der Waals surface area contributed by atoms with Crippen LogP contribution in [0, 0.1) is 0 Å². The van der Waals surface area contributed by atoms with Crippen molar-refractivity contribution in [1.29, 1.82) is 0 Å². The number of hydrogen-bond donors (Lipinski definition) is 2. The van der Waals surface area contributed by atoms with Gasteiger partial charge >= 0.3 is 0 Å². The van der Waals surface area contributed by atoms with Gasteiger partial charge in [0.25, 0.3) is 0 Å². The average molecular weight is 444 g/mol. The molecule has 7 heteroatoms. The van der Waals surface area contributed by atoms with Crippen molar-refractivity contribution in [3.8, 4) is 11.5 Å². The van der Waals surface area contributed by atoms with Crippen LogP contribution in [0.3, 0.4) is 0 Å². The van der Waals surface area contributed by atoms with Gasteiger partial charge in [-0.3, -0.25) is 4.79 Å². The first-order valence-corrected chi connectivity index (χ1v) is 9.59. The van der Waals surface area contributed by atoms with Crippen molar-refractivity contribution in [3.05, 3.63) is 66.6 Å². The first-order chi connectivity index (χ1) is 12.8. The van der Waals surface area contributed by atoms with Gasteiger partial charge in [0.05, 0.1) is 20.1 Å². The fourth-order valence-corrected chi connectivity index (χ4v) is 3.93. The fourth-order valence-electron chi connectivity index (χ4n) is 2.92. The first-order valence-electron chi connectivity index (χ1n) is 8.08. The highest BCUT2D eigenvalue weighted by molar-refractivity contribution is 6.38.